The number of methoxy groups -OCH3 is 2. The Balaban J connectivity index is 0.000000144. The van der Waals surface area contributed by atoms with Crippen molar-refractivity contribution in [2.45, 2.75) is 129 Å². The van der Waals surface area contributed by atoms with Crippen molar-refractivity contribution >= 4 is 67.1 Å². The number of hydrogen-bond acceptors (Lipinski definition) is 18. The molecule has 24 nitrogen and oxygen atoms in total. The lowest BCUT2D eigenvalue weighted by atomic mass is 10.0. The molecule has 4 saturated heterocycles. The van der Waals surface area contributed by atoms with E-state index in [0.717, 1.165) is 180 Å². The van der Waals surface area contributed by atoms with E-state index in [1.54, 1.807) is 61.4 Å². The average molecular weight is 1700 g/mol. The number of carboxylic acids is 2. The number of nitrogens with zero attached hydrogens (tertiary/aromatic N) is 14. The number of benzene rings is 4. The number of aromatic carboxylic acids is 2. The molecule has 4 fully saturated rings. The normalized spacial score (nSPS) is 14.4. The lowest BCUT2D eigenvalue weighted by Gasteiger charge is -2.34. The summed E-state index contributed by atoms with van der Waals surface area (Å²) in [6.45, 7) is 16.3. The van der Waals surface area contributed by atoms with E-state index < -0.39 is 11.9 Å². The zero-order valence-electron chi connectivity index (χ0n) is 66.6. The lowest BCUT2D eigenvalue weighted by molar-refractivity contribution is 0.0590. The van der Waals surface area contributed by atoms with E-state index in [4.69, 9.17) is 14.6 Å². The van der Waals surface area contributed by atoms with Crippen molar-refractivity contribution in [1.29, 1.82) is 0 Å². The van der Waals surface area contributed by atoms with Gasteiger partial charge in [-0.1, -0.05) is 105 Å². The van der Waals surface area contributed by atoms with E-state index in [0.29, 0.717) is 72.1 Å². The van der Waals surface area contributed by atoms with Crippen molar-refractivity contribution < 1.29 is 38.9 Å². The summed E-state index contributed by atoms with van der Waals surface area (Å²) in [6.07, 6.45) is 31.9. The predicted molar refractivity (Wildman–Crippen MR) is 457 cm³/mol. The minimum Gasteiger partial charge on any atom is -0.478 e. The number of pyridine rings is 4. The van der Waals surface area contributed by atoms with Crippen LogP contribution in [-0.4, -0.2) is 160 Å². The van der Waals surface area contributed by atoms with Gasteiger partial charge in [0.25, 0.3) is 0 Å². The monoisotopic (exact) mass is 1690 g/mol. The summed E-state index contributed by atoms with van der Waals surface area (Å²) in [7, 11) is 2.79. The molecule has 0 saturated carbocycles. The minimum atomic E-state index is -0.921. The molecule has 0 spiro atoms. The first-order valence-corrected chi connectivity index (χ1v) is 40.9. The highest BCUT2D eigenvalue weighted by molar-refractivity contribution is 9.10. The molecule has 12 aromatic rings. The Morgan fingerprint density at radius 2 is 0.690 bits per heavy atom. The molecule has 116 heavy (non-hydrogen) atoms. The number of piperidine rings is 4. The van der Waals surface area contributed by atoms with Gasteiger partial charge in [-0.25, -0.2) is 19.2 Å². The van der Waals surface area contributed by atoms with Gasteiger partial charge in [-0.15, -0.1) is 0 Å². The van der Waals surface area contributed by atoms with Crippen LogP contribution >= 0.6 is 31.9 Å². The first-order valence-electron chi connectivity index (χ1n) is 39.4. The third-order valence-electron chi connectivity index (χ3n) is 21.4. The molecule has 0 amide bonds. The fourth-order valence-corrected chi connectivity index (χ4v) is 15.5. The Labute approximate surface area is 695 Å². The quantitative estimate of drug-likeness (QED) is 0.0581. The fourth-order valence-electron chi connectivity index (χ4n) is 14.9. The molecule has 0 unspecified atom stereocenters. The van der Waals surface area contributed by atoms with Crippen molar-refractivity contribution in [1.82, 2.24) is 69.7 Å². The molecule has 16 rings (SSSR count). The largest absolute Gasteiger partial charge is 0.478 e. The average Bonchev–Trinajstić information content (AvgIpc) is 1.67. The second-order valence-electron chi connectivity index (χ2n) is 28.9. The van der Waals surface area contributed by atoms with Crippen LogP contribution in [0.15, 0.2) is 229 Å². The fraction of sp³-hybridized carbons (Fsp3) is 0.333. The molecule has 0 radical (unpaired) electrons. The number of esters is 2. The number of aromatic nitrogens is 12. The van der Waals surface area contributed by atoms with Crippen LogP contribution in [0.2, 0.25) is 0 Å². The molecular formula is C90H102Br2N16O8. The number of hydrogen-bond donors (Lipinski definition) is 4. The molecule has 4 N–H and O–H groups in total. The van der Waals surface area contributed by atoms with Gasteiger partial charge in [0, 0.05) is 146 Å². The van der Waals surface area contributed by atoms with Crippen LogP contribution in [0.25, 0.3) is 0 Å². The van der Waals surface area contributed by atoms with E-state index >= 15 is 0 Å². The molecule has 4 aliphatic rings. The first kappa shape index (κ1) is 85.6. The number of para-hydroxylation sites is 2. The number of carbonyl (C=O) groups excluding carboxylic acids is 2. The van der Waals surface area contributed by atoms with Gasteiger partial charge < -0.3 is 40.1 Å². The molecule has 0 bridgehead atoms. The van der Waals surface area contributed by atoms with Gasteiger partial charge in [-0.2, -0.15) is 20.4 Å². The maximum Gasteiger partial charge on any atom is 0.338 e. The van der Waals surface area contributed by atoms with Crippen LogP contribution in [0.5, 0.6) is 0 Å². The number of halogens is 2. The number of anilines is 2. The summed E-state index contributed by atoms with van der Waals surface area (Å²) in [5.41, 5.74) is 16.1. The lowest BCUT2D eigenvalue weighted by Crippen LogP contribution is -2.35. The maximum absolute atomic E-state index is 11.9. The summed E-state index contributed by atoms with van der Waals surface area (Å²) < 4.78 is 20.4. The molecule has 12 heterocycles. The Bertz CT molecular complexity index is 4940. The first-order chi connectivity index (χ1) is 56.4. The summed E-state index contributed by atoms with van der Waals surface area (Å²) in [5.74, 6) is -2.50. The molecule has 604 valence electrons. The highest BCUT2D eigenvalue weighted by Crippen LogP contribution is 2.32. The van der Waals surface area contributed by atoms with Gasteiger partial charge in [-0.05, 0) is 223 Å². The molecular weight excluding hydrogens is 1590 g/mol. The van der Waals surface area contributed by atoms with Crippen molar-refractivity contribution in [2.24, 2.45) is 0 Å². The van der Waals surface area contributed by atoms with Gasteiger partial charge in [0.05, 0.1) is 84.4 Å². The van der Waals surface area contributed by atoms with E-state index in [1.165, 1.54) is 38.0 Å². The van der Waals surface area contributed by atoms with Crippen LogP contribution in [0.3, 0.4) is 0 Å². The van der Waals surface area contributed by atoms with Crippen LogP contribution in [0.4, 0.5) is 11.4 Å². The van der Waals surface area contributed by atoms with Gasteiger partial charge in [0.2, 0.25) is 0 Å². The van der Waals surface area contributed by atoms with Crippen LogP contribution in [0, 0.1) is 27.7 Å². The number of carbonyl (C=O) groups is 4. The number of carboxylic acid groups (broad SMARTS) is 2. The maximum atomic E-state index is 11.9. The third-order valence-corrected chi connectivity index (χ3v) is 22.5. The third kappa shape index (κ3) is 23.9. The van der Waals surface area contributed by atoms with E-state index in [2.05, 4.69) is 181 Å². The zero-order chi connectivity index (χ0) is 81.7. The predicted octanol–water partition coefficient (Wildman–Crippen LogP) is 16.1. The van der Waals surface area contributed by atoms with Gasteiger partial charge in [0.1, 0.15) is 0 Å². The standard InChI is InChI=1S/2C22H24N4O2.2C17H22N4O2.2C6H5Br/c1-16-17(13-18-14-23-10-7-21(18)22(27)28)15-24-26(16)20-8-11-25(12-9-20)19-5-3-2-4-6-19;1-16-18(13-17-14-23-10-7-21(17)22(27)28)15-26(24-16)20-8-11-25(12-9-20)19-5-3-2-4-6-19;1-12-13(11-20-21(12)15-3-6-18-7-4-15)9-14-10-19-8-5-16(14)17(22)23-2;1-12-14(11-21(20-12)15-3-6-18-7-4-15)9-13-10-19-8-5-16(13)17(22)23-2;2*7-6-4-2-1-3-5-6/h2*2-7,10,14-15,20H,8-9,11-13H2,1H3,(H,27,28);2*5,8,10-11,15,18H,3-4,6-7,9H2,1-2H3;2*1-5H. The molecule has 26 heteroatoms. The van der Waals surface area contributed by atoms with Crippen molar-refractivity contribution in [3.63, 3.8) is 0 Å². The second-order valence-corrected chi connectivity index (χ2v) is 30.8. The summed E-state index contributed by atoms with van der Waals surface area (Å²) in [4.78, 5) is 68.0. The Kier molecular flexibility index (Phi) is 32.0. The van der Waals surface area contributed by atoms with Crippen molar-refractivity contribution in [3.8, 4) is 0 Å². The van der Waals surface area contributed by atoms with Crippen molar-refractivity contribution in [3.05, 3.63) is 318 Å². The second kappa shape index (κ2) is 43.4. The number of aryl methyl sites for hydroxylation is 2. The smallest absolute Gasteiger partial charge is 0.338 e. The molecule has 4 aliphatic heterocycles. The van der Waals surface area contributed by atoms with Crippen LogP contribution in [0.1, 0.15) is 184 Å². The molecule has 0 aliphatic carbocycles. The SMILES string of the molecule is Brc1ccccc1.Brc1ccccc1.COC(=O)c1ccncc1Cc1cn(C2CCNCC2)nc1C.COC(=O)c1ccncc1Cc1cnn(C2CCNCC2)c1C.Cc1c(Cc2cnccc2C(=O)O)cnn1C1CCN(c2ccccc2)CC1.Cc1nn(C2CCN(c3ccccc3)CC2)cc1Cc1cnccc1C(=O)O. The minimum absolute atomic E-state index is 0.304. The van der Waals surface area contributed by atoms with Crippen LogP contribution < -0.4 is 20.4 Å². The topological polar surface area (TPSA) is 281 Å². The van der Waals surface area contributed by atoms with Gasteiger partial charge >= 0.3 is 23.9 Å². The van der Waals surface area contributed by atoms with E-state index in [9.17, 15) is 29.4 Å². The van der Waals surface area contributed by atoms with Gasteiger partial charge in [-0.3, -0.25) is 38.7 Å². The highest BCUT2D eigenvalue weighted by Gasteiger charge is 2.27. The molecule has 4 aromatic carbocycles. The van der Waals surface area contributed by atoms with Crippen molar-refractivity contribution in [2.75, 3.05) is 76.4 Å². The number of nitrogens with one attached hydrogen (secondary N) is 2. The Hall–Kier alpha value is -11.3. The zero-order valence-corrected chi connectivity index (χ0v) is 69.8. The Morgan fingerprint density at radius 3 is 1.03 bits per heavy atom. The van der Waals surface area contributed by atoms with Crippen LogP contribution in [-0.2, 0) is 35.2 Å². The molecule has 0 atom stereocenters. The van der Waals surface area contributed by atoms with E-state index in [-0.39, 0.29) is 11.9 Å². The summed E-state index contributed by atoms with van der Waals surface area (Å²) in [5, 5.41) is 44.2. The number of ether oxygens (including phenoxy) is 2. The van der Waals surface area contributed by atoms with Gasteiger partial charge in [0.15, 0.2) is 0 Å². The van der Waals surface area contributed by atoms with E-state index in [1.807, 2.05) is 99.0 Å². The number of rotatable bonds is 18. The Morgan fingerprint density at radius 1 is 0.388 bits per heavy atom. The summed E-state index contributed by atoms with van der Waals surface area (Å²) >= 11 is 6.62. The summed E-state index contributed by atoms with van der Waals surface area (Å²) in [6, 6.07) is 49.1. The highest BCUT2D eigenvalue weighted by atomic mass is 79.9. The molecule has 8 aromatic heterocycles.